The van der Waals surface area contributed by atoms with Gasteiger partial charge in [0.05, 0.1) is 5.56 Å². The van der Waals surface area contributed by atoms with Crippen molar-refractivity contribution >= 4 is 11.8 Å². The number of para-hydroxylation sites is 1. The fourth-order valence-electron chi connectivity index (χ4n) is 2.40. The van der Waals surface area contributed by atoms with Crippen molar-refractivity contribution in [1.82, 2.24) is 10.6 Å². The summed E-state index contributed by atoms with van der Waals surface area (Å²) in [6.45, 7) is 1.56. The Bertz CT molecular complexity index is 544. The van der Waals surface area contributed by atoms with Crippen LogP contribution in [0.15, 0.2) is 18.2 Å². The average Bonchev–Trinajstić information content (AvgIpc) is 2.49. The topological polar surface area (TPSA) is 76.7 Å². The second-order valence-corrected chi connectivity index (χ2v) is 4.79. The molecule has 3 rings (SSSR count). The first-order valence-corrected chi connectivity index (χ1v) is 6.73. The van der Waals surface area contributed by atoms with E-state index in [1.54, 1.807) is 18.2 Å². The van der Waals surface area contributed by atoms with Crippen molar-refractivity contribution in [2.75, 3.05) is 19.8 Å². The van der Waals surface area contributed by atoms with Gasteiger partial charge in [-0.25, -0.2) is 0 Å². The molecule has 0 aromatic heterocycles. The fourth-order valence-corrected chi connectivity index (χ4v) is 2.40. The van der Waals surface area contributed by atoms with Crippen LogP contribution in [0.25, 0.3) is 0 Å². The molecule has 2 N–H and O–H groups in total. The minimum absolute atomic E-state index is 0.133. The second-order valence-electron chi connectivity index (χ2n) is 4.79. The monoisotopic (exact) mass is 276 g/mol. The number of ether oxygens (including phenoxy) is 2. The van der Waals surface area contributed by atoms with Crippen molar-refractivity contribution in [3.05, 3.63) is 23.8 Å². The normalized spacial score (nSPS) is 21.0. The molecule has 0 spiro atoms. The van der Waals surface area contributed by atoms with Crippen molar-refractivity contribution in [2.45, 2.75) is 18.9 Å². The van der Waals surface area contributed by atoms with Crippen molar-refractivity contribution in [3.8, 4) is 11.5 Å². The molecule has 2 amide bonds. The first-order chi connectivity index (χ1) is 9.75. The van der Waals surface area contributed by atoms with Gasteiger partial charge in [0.15, 0.2) is 11.5 Å². The van der Waals surface area contributed by atoms with Gasteiger partial charge in [-0.15, -0.1) is 0 Å². The zero-order valence-corrected chi connectivity index (χ0v) is 11.0. The number of carbonyl (C=O) groups is 2. The number of piperidine rings is 1. The highest BCUT2D eigenvalue weighted by Crippen LogP contribution is 2.33. The Hall–Kier alpha value is -2.24. The molecule has 2 aliphatic rings. The first kappa shape index (κ1) is 12.8. The van der Waals surface area contributed by atoms with E-state index in [9.17, 15) is 9.59 Å². The summed E-state index contributed by atoms with van der Waals surface area (Å²) < 4.78 is 10.9. The standard InChI is InChI=1S/C14H16N2O4/c17-13(16-10-4-2-6-15-14(10)18)9-3-1-5-11-12(9)20-8-7-19-11/h1,3,5,10H,2,4,6-8H2,(H,15,18)(H,16,17). The Balaban J connectivity index is 1.78. The molecule has 0 radical (unpaired) electrons. The molecule has 2 heterocycles. The van der Waals surface area contributed by atoms with Crippen molar-refractivity contribution in [2.24, 2.45) is 0 Å². The van der Waals surface area contributed by atoms with Crippen LogP contribution in [0, 0.1) is 0 Å². The van der Waals surface area contributed by atoms with E-state index in [2.05, 4.69) is 10.6 Å². The summed E-state index contributed by atoms with van der Waals surface area (Å²) >= 11 is 0. The summed E-state index contributed by atoms with van der Waals surface area (Å²) in [5, 5.41) is 5.49. The lowest BCUT2D eigenvalue weighted by atomic mass is 10.1. The number of fused-ring (bicyclic) bond motifs is 1. The van der Waals surface area contributed by atoms with Crippen LogP contribution in [0.1, 0.15) is 23.2 Å². The summed E-state index contributed by atoms with van der Waals surface area (Å²) in [5.74, 6) is 0.574. The number of benzene rings is 1. The minimum Gasteiger partial charge on any atom is -0.486 e. The SMILES string of the molecule is O=C(NC1CCCNC1=O)c1cccc2c1OCCO2. The summed E-state index contributed by atoms with van der Waals surface area (Å²) in [5.41, 5.74) is 0.403. The molecule has 0 aliphatic carbocycles. The predicted molar refractivity (Wildman–Crippen MR) is 70.9 cm³/mol. The highest BCUT2D eigenvalue weighted by Gasteiger charge is 2.26. The van der Waals surface area contributed by atoms with Crippen LogP contribution in [-0.2, 0) is 4.79 Å². The second kappa shape index (κ2) is 5.40. The Morgan fingerprint density at radius 3 is 3.00 bits per heavy atom. The van der Waals surface area contributed by atoms with E-state index in [-0.39, 0.29) is 11.8 Å². The third-order valence-electron chi connectivity index (χ3n) is 3.40. The minimum atomic E-state index is -0.475. The molecule has 1 aromatic rings. The maximum Gasteiger partial charge on any atom is 0.255 e. The van der Waals surface area contributed by atoms with Crippen LogP contribution in [-0.4, -0.2) is 37.6 Å². The van der Waals surface area contributed by atoms with Crippen molar-refractivity contribution in [3.63, 3.8) is 0 Å². The summed E-state index contributed by atoms with van der Waals surface area (Å²) in [6.07, 6.45) is 1.52. The van der Waals surface area contributed by atoms with Crippen LogP contribution in [0.2, 0.25) is 0 Å². The molecule has 20 heavy (non-hydrogen) atoms. The van der Waals surface area contributed by atoms with Crippen LogP contribution in [0.4, 0.5) is 0 Å². The molecule has 1 unspecified atom stereocenters. The molecule has 1 aromatic carbocycles. The summed E-state index contributed by atoms with van der Waals surface area (Å²) in [7, 11) is 0. The molecule has 0 bridgehead atoms. The number of nitrogens with one attached hydrogen (secondary N) is 2. The van der Waals surface area contributed by atoms with E-state index in [1.807, 2.05) is 0 Å². The lowest BCUT2D eigenvalue weighted by molar-refractivity contribution is -0.124. The van der Waals surface area contributed by atoms with Crippen LogP contribution >= 0.6 is 0 Å². The third kappa shape index (κ3) is 2.41. The van der Waals surface area contributed by atoms with Gasteiger partial charge in [-0.1, -0.05) is 6.07 Å². The van der Waals surface area contributed by atoms with Gasteiger partial charge in [-0.05, 0) is 25.0 Å². The van der Waals surface area contributed by atoms with E-state index in [0.717, 1.165) is 6.42 Å². The van der Waals surface area contributed by atoms with Gasteiger partial charge in [0.1, 0.15) is 19.3 Å². The van der Waals surface area contributed by atoms with Crippen molar-refractivity contribution in [1.29, 1.82) is 0 Å². The largest absolute Gasteiger partial charge is 0.486 e. The van der Waals surface area contributed by atoms with E-state index >= 15 is 0 Å². The zero-order chi connectivity index (χ0) is 13.9. The van der Waals surface area contributed by atoms with Gasteiger partial charge in [0.2, 0.25) is 5.91 Å². The lowest BCUT2D eigenvalue weighted by Crippen LogP contribution is -2.50. The van der Waals surface area contributed by atoms with Gasteiger partial charge in [-0.3, -0.25) is 9.59 Å². The quantitative estimate of drug-likeness (QED) is 0.823. The van der Waals surface area contributed by atoms with E-state index < -0.39 is 6.04 Å². The molecule has 2 aliphatic heterocycles. The molecule has 1 saturated heterocycles. The molecule has 6 nitrogen and oxygen atoms in total. The summed E-state index contributed by atoms with van der Waals surface area (Å²) in [6, 6.07) is 4.70. The molecular formula is C14H16N2O4. The fraction of sp³-hybridized carbons (Fsp3) is 0.429. The predicted octanol–water partition coefficient (Wildman–Crippen LogP) is 0.466. The number of carbonyl (C=O) groups excluding carboxylic acids is 2. The summed E-state index contributed by atoms with van der Waals surface area (Å²) in [4.78, 5) is 24.0. The highest BCUT2D eigenvalue weighted by atomic mass is 16.6. The number of hydrogen-bond acceptors (Lipinski definition) is 4. The third-order valence-corrected chi connectivity index (χ3v) is 3.40. The molecule has 1 fully saturated rings. The Morgan fingerprint density at radius 2 is 2.15 bits per heavy atom. The average molecular weight is 276 g/mol. The molecule has 0 saturated carbocycles. The highest BCUT2D eigenvalue weighted by molar-refractivity contribution is 6.00. The van der Waals surface area contributed by atoms with Crippen LogP contribution < -0.4 is 20.1 Å². The molecule has 6 heteroatoms. The van der Waals surface area contributed by atoms with E-state index in [1.165, 1.54) is 0 Å². The van der Waals surface area contributed by atoms with E-state index in [0.29, 0.717) is 43.2 Å². The molecule has 106 valence electrons. The lowest BCUT2D eigenvalue weighted by Gasteiger charge is -2.24. The Labute approximate surface area is 116 Å². The molecular weight excluding hydrogens is 260 g/mol. The smallest absolute Gasteiger partial charge is 0.255 e. The Kier molecular flexibility index (Phi) is 3.45. The van der Waals surface area contributed by atoms with Gasteiger partial charge in [0, 0.05) is 6.54 Å². The molecule has 1 atom stereocenters. The maximum absolute atomic E-state index is 12.3. The number of rotatable bonds is 2. The van der Waals surface area contributed by atoms with Gasteiger partial charge >= 0.3 is 0 Å². The van der Waals surface area contributed by atoms with Crippen molar-refractivity contribution < 1.29 is 19.1 Å². The Morgan fingerprint density at radius 1 is 1.30 bits per heavy atom. The van der Waals surface area contributed by atoms with E-state index in [4.69, 9.17) is 9.47 Å². The van der Waals surface area contributed by atoms with Crippen LogP contribution in [0.3, 0.4) is 0 Å². The van der Waals surface area contributed by atoms with Crippen LogP contribution in [0.5, 0.6) is 11.5 Å². The van der Waals surface area contributed by atoms with Gasteiger partial charge in [-0.2, -0.15) is 0 Å². The maximum atomic E-state index is 12.3. The first-order valence-electron chi connectivity index (χ1n) is 6.73. The zero-order valence-electron chi connectivity index (χ0n) is 11.0. The number of amides is 2. The number of hydrogen-bond donors (Lipinski definition) is 2. The van der Waals surface area contributed by atoms with Gasteiger partial charge in [0.25, 0.3) is 5.91 Å². The van der Waals surface area contributed by atoms with Gasteiger partial charge < -0.3 is 20.1 Å².